The van der Waals surface area contributed by atoms with E-state index in [4.69, 9.17) is 0 Å². The molecule has 0 spiro atoms. The van der Waals surface area contributed by atoms with Crippen molar-refractivity contribution in [3.63, 3.8) is 0 Å². The molecule has 0 atom stereocenters. The van der Waals surface area contributed by atoms with E-state index in [0.717, 1.165) is 24.8 Å². The van der Waals surface area contributed by atoms with Crippen molar-refractivity contribution in [2.24, 2.45) is 0 Å². The van der Waals surface area contributed by atoms with Gasteiger partial charge in [0.15, 0.2) is 0 Å². The Morgan fingerprint density at radius 3 is 2.10 bits per heavy atom. The van der Waals surface area contributed by atoms with E-state index in [0.29, 0.717) is 5.75 Å². The Morgan fingerprint density at radius 2 is 1.28 bits per heavy atom. The molecule has 29 heavy (non-hydrogen) atoms. The predicted octanol–water partition coefficient (Wildman–Crippen LogP) is 7.92. The molecule has 0 saturated carbocycles. The maximum Gasteiger partial charge on any atom is 0.119 e. The SMILES string of the molecule is CCCCCCCCCc1c(O)cccc1-c1cccc2c1Cc1ccccc1-2. The zero-order valence-electron chi connectivity index (χ0n) is 17.6. The standard InChI is InChI=1S/C28H32O/c1-2-3-4-5-6-7-8-15-26-24(18-12-19-28(26)29)25-17-11-16-23-22-14-10-9-13-21(22)20-27(23)25/h9-14,16-19,29H,2-8,15,20H2,1H3. The molecule has 0 aromatic heterocycles. The minimum atomic E-state index is 0.446. The molecule has 4 rings (SSSR count). The van der Waals surface area contributed by atoms with Crippen LogP contribution in [0.2, 0.25) is 0 Å². The molecule has 0 fully saturated rings. The van der Waals surface area contributed by atoms with Gasteiger partial charge in [-0.3, -0.25) is 0 Å². The molecular formula is C28H32O. The summed E-state index contributed by atoms with van der Waals surface area (Å²) in [5, 5.41) is 10.6. The number of benzene rings is 3. The summed E-state index contributed by atoms with van der Waals surface area (Å²) in [7, 11) is 0. The number of unbranched alkanes of at least 4 members (excludes halogenated alkanes) is 6. The fourth-order valence-electron chi connectivity index (χ4n) is 4.76. The summed E-state index contributed by atoms with van der Waals surface area (Å²) >= 11 is 0. The van der Waals surface area contributed by atoms with Gasteiger partial charge in [0.2, 0.25) is 0 Å². The van der Waals surface area contributed by atoms with Crippen LogP contribution in [0.15, 0.2) is 60.7 Å². The van der Waals surface area contributed by atoms with Crippen molar-refractivity contribution in [3.05, 3.63) is 77.4 Å². The Kier molecular flexibility index (Phi) is 6.34. The fraction of sp³-hybridized carbons (Fsp3) is 0.357. The number of hydrogen-bond donors (Lipinski definition) is 1. The van der Waals surface area contributed by atoms with E-state index in [1.807, 2.05) is 12.1 Å². The van der Waals surface area contributed by atoms with Crippen LogP contribution >= 0.6 is 0 Å². The van der Waals surface area contributed by atoms with Crippen LogP contribution in [0, 0.1) is 0 Å². The molecule has 1 nitrogen and oxygen atoms in total. The number of aromatic hydroxyl groups is 1. The lowest BCUT2D eigenvalue weighted by Gasteiger charge is -2.15. The Labute approximate surface area is 175 Å². The van der Waals surface area contributed by atoms with Crippen LogP contribution in [0.4, 0.5) is 0 Å². The van der Waals surface area contributed by atoms with E-state index in [2.05, 4.69) is 55.5 Å². The maximum atomic E-state index is 10.6. The zero-order chi connectivity index (χ0) is 20.1. The first-order valence-corrected chi connectivity index (χ1v) is 11.3. The largest absolute Gasteiger partial charge is 0.508 e. The highest BCUT2D eigenvalue weighted by Gasteiger charge is 2.22. The predicted molar refractivity (Wildman–Crippen MR) is 123 cm³/mol. The second-order valence-electron chi connectivity index (χ2n) is 8.34. The van der Waals surface area contributed by atoms with E-state index in [1.165, 1.54) is 71.9 Å². The fourth-order valence-corrected chi connectivity index (χ4v) is 4.76. The zero-order valence-corrected chi connectivity index (χ0v) is 17.6. The van der Waals surface area contributed by atoms with E-state index in [1.54, 1.807) is 0 Å². The van der Waals surface area contributed by atoms with Crippen molar-refractivity contribution in [1.29, 1.82) is 0 Å². The summed E-state index contributed by atoms with van der Waals surface area (Å²) in [6.07, 6.45) is 11.0. The highest BCUT2D eigenvalue weighted by atomic mass is 16.3. The van der Waals surface area contributed by atoms with Gasteiger partial charge in [-0.05, 0) is 58.7 Å². The van der Waals surface area contributed by atoms with Gasteiger partial charge >= 0.3 is 0 Å². The minimum absolute atomic E-state index is 0.446. The van der Waals surface area contributed by atoms with E-state index in [-0.39, 0.29) is 0 Å². The minimum Gasteiger partial charge on any atom is -0.508 e. The van der Waals surface area contributed by atoms with Crippen molar-refractivity contribution in [3.8, 4) is 28.0 Å². The smallest absolute Gasteiger partial charge is 0.119 e. The van der Waals surface area contributed by atoms with Crippen molar-refractivity contribution in [2.45, 2.75) is 64.7 Å². The first kappa shape index (κ1) is 19.8. The van der Waals surface area contributed by atoms with Crippen molar-refractivity contribution >= 4 is 0 Å². The summed E-state index contributed by atoms with van der Waals surface area (Å²) < 4.78 is 0. The molecule has 1 heteroatoms. The molecule has 0 heterocycles. The molecule has 1 N–H and O–H groups in total. The van der Waals surface area contributed by atoms with Crippen molar-refractivity contribution in [2.75, 3.05) is 0 Å². The van der Waals surface area contributed by atoms with Gasteiger partial charge in [-0.25, -0.2) is 0 Å². The quantitative estimate of drug-likeness (QED) is 0.290. The van der Waals surface area contributed by atoms with Gasteiger partial charge in [0.25, 0.3) is 0 Å². The van der Waals surface area contributed by atoms with Gasteiger partial charge in [0.1, 0.15) is 5.75 Å². The second-order valence-corrected chi connectivity index (χ2v) is 8.34. The number of phenolic OH excluding ortho intramolecular Hbond substituents is 1. The monoisotopic (exact) mass is 384 g/mol. The molecule has 0 saturated heterocycles. The van der Waals surface area contributed by atoms with Crippen molar-refractivity contribution in [1.82, 2.24) is 0 Å². The molecule has 0 unspecified atom stereocenters. The lowest BCUT2D eigenvalue weighted by atomic mass is 9.90. The van der Waals surface area contributed by atoms with E-state index < -0.39 is 0 Å². The third-order valence-electron chi connectivity index (χ3n) is 6.32. The first-order chi connectivity index (χ1) is 14.3. The Bertz CT molecular complexity index is 970. The van der Waals surface area contributed by atoms with Crippen molar-refractivity contribution < 1.29 is 5.11 Å². The second kappa shape index (κ2) is 9.31. The number of fused-ring (bicyclic) bond motifs is 3. The molecule has 0 amide bonds. The summed E-state index contributed by atoms with van der Waals surface area (Å²) in [4.78, 5) is 0. The van der Waals surface area contributed by atoms with Gasteiger partial charge in [0.05, 0.1) is 0 Å². The number of rotatable bonds is 9. The highest BCUT2D eigenvalue weighted by Crippen LogP contribution is 2.43. The average molecular weight is 385 g/mol. The van der Waals surface area contributed by atoms with Crippen LogP contribution in [0.25, 0.3) is 22.3 Å². The summed E-state index contributed by atoms with van der Waals surface area (Å²) in [5.41, 5.74) is 9.13. The topological polar surface area (TPSA) is 20.2 Å². The Morgan fingerprint density at radius 1 is 0.655 bits per heavy atom. The van der Waals surface area contributed by atoms with E-state index >= 15 is 0 Å². The first-order valence-electron chi connectivity index (χ1n) is 11.3. The Balaban J connectivity index is 1.55. The molecule has 0 aliphatic heterocycles. The molecule has 3 aromatic rings. The van der Waals surface area contributed by atoms with Gasteiger partial charge in [-0.2, -0.15) is 0 Å². The molecule has 150 valence electrons. The summed E-state index contributed by atoms with van der Waals surface area (Å²) in [5.74, 6) is 0.446. The lowest BCUT2D eigenvalue weighted by molar-refractivity contribution is 0.466. The lowest BCUT2D eigenvalue weighted by Crippen LogP contribution is -1.95. The van der Waals surface area contributed by atoms with Gasteiger partial charge in [-0.1, -0.05) is 100 Å². The molecule has 0 bridgehead atoms. The normalized spacial score (nSPS) is 12.0. The average Bonchev–Trinajstić information content (AvgIpc) is 3.13. The van der Waals surface area contributed by atoms with Crippen LogP contribution in [-0.2, 0) is 12.8 Å². The maximum absolute atomic E-state index is 10.6. The van der Waals surface area contributed by atoms with Crippen LogP contribution in [0.1, 0.15) is 68.6 Å². The van der Waals surface area contributed by atoms with Gasteiger partial charge in [0, 0.05) is 5.56 Å². The molecule has 1 aliphatic rings. The third kappa shape index (κ3) is 4.24. The highest BCUT2D eigenvalue weighted by molar-refractivity contribution is 5.86. The third-order valence-corrected chi connectivity index (χ3v) is 6.32. The molecule has 3 aromatic carbocycles. The van der Waals surface area contributed by atoms with Crippen LogP contribution in [0.5, 0.6) is 5.75 Å². The molecule has 0 radical (unpaired) electrons. The van der Waals surface area contributed by atoms with Gasteiger partial charge < -0.3 is 5.11 Å². The van der Waals surface area contributed by atoms with E-state index in [9.17, 15) is 5.11 Å². The molecular weight excluding hydrogens is 352 g/mol. The summed E-state index contributed by atoms with van der Waals surface area (Å²) in [6.45, 7) is 2.26. The summed E-state index contributed by atoms with van der Waals surface area (Å²) in [6, 6.07) is 21.4. The van der Waals surface area contributed by atoms with Gasteiger partial charge in [-0.15, -0.1) is 0 Å². The van der Waals surface area contributed by atoms with Crippen LogP contribution < -0.4 is 0 Å². The molecule has 1 aliphatic carbocycles. The number of hydrogen-bond acceptors (Lipinski definition) is 1. The van der Waals surface area contributed by atoms with Crippen LogP contribution in [-0.4, -0.2) is 5.11 Å². The van der Waals surface area contributed by atoms with Crippen LogP contribution in [0.3, 0.4) is 0 Å². The Hall–Kier alpha value is -2.54. The number of phenols is 1.